The van der Waals surface area contributed by atoms with Crippen LogP contribution in [0.5, 0.6) is 0 Å². The largest absolute Gasteiger partial charge is 0.390 e. The van der Waals surface area contributed by atoms with Gasteiger partial charge in [0.1, 0.15) is 0 Å². The lowest BCUT2D eigenvalue weighted by atomic mass is 10.1. The summed E-state index contributed by atoms with van der Waals surface area (Å²) in [6, 6.07) is 10.4. The molecule has 3 aromatic rings. The van der Waals surface area contributed by atoms with Gasteiger partial charge in [0.2, 0.25) is 0 Å². The molecule has 4 rings (SSSR count). The van der Waals surface area contributed by atoms with Gasteiger partial charge in [-0.25, -0.2) is 0 Å². The lowest BCUT2D eigenvalue weighted by Crippen LogP contribution is -2.31. The van der Waals surface area contributed by atoms with E-state index in [0.717, 1.165) is 41.2 Å². The summed E-state index contributed by atoms with van der Waals surface area (Å²) in [5, 5.41) is 27.3. The molecule has 1 aliphatic heterocycles. The zero-order chi connectivity index (χ0) is 17.6. The van der Waals surface area contributed by atoms with Crippen LogP contribution in [0.15, 0.2) is 36.4 Å². The Morgan fingerprint density at radius 1 is 1.20 bits per heavy atom. The van der Waals surface area contributed by atoms with Gasteiger partial charge in [-0.2, -0.15) is 0 Å². The number of hydrogen-bond donors (Lipinski definition) is 2. The molecule has 0 saturated carbocycles. The van der Waals surface area contributed by atoms with Gasteiger partial charge in [-0.3, -0.25) is 10.1 Å². The van der Waals surface area contributed by atoms with Crippen LogP contribution in [0.1, 0.15) is 18.9 Å². The van der Waals surface area contributed by atoms with Gasteiger partial charge in [0.15, 0.2) is 0 Å². The van der Waals surface area contributed by atoms with E-state index in [1.54, 1.807) is 12.1 Å². The van der Waals surface area contributed by atoms with E-state index in [0.29, 0.717) is 11.6 Å². The number of β-amino-alcohol motifs (C(OH)–C–C–N with tert-alkyl or cyclic N) is 1. The molecular formula is C18H18ClN3O3. The van der Waals surface area contributed by atoms with Crippen LogP contribution in [0, 0.1) is 10.1 Å². The molecule has 1 aliphatic rings. The van der Waals surface area contributed by atoms with E-state index in [1.807, 2.05) is 18.2 Å². The molecule has 7 heteroatoms. The third-order valence-electron chi connectivity index (χ3n) is 4.94. The maximum absolute atomic E-state index is 11.2. The normalized spacial score (nSPS) is 21.5. The van der Waals surface area contributed by atoms with Gasteiger partial charge >= 0.3 is 0 Å². The fourth-order valence-corrected chi connectivity index (χ4v) is 3.97. The summed E-state index contributed by atoms with van der Waals surface area (Å²) < 4.78 is 2.11. The minimum absolute atomic E-state index is 0.0506. The van der Waals surface area contributed by atoms with Crippen LogP contribution >= 0.6 is 11.6 Å². The van der Waals surface area contributed by atoms with Gasteiger partial charge in [-0.1, -0.05) is 11.6 Å². The summed E-state index contributed by atoms with van der Waals surface area (Å²) in [5.41, 5.74) is 1.87. The molecule has 1 aromatic heterocycles. The number of nitrogens with zero attached hydrogens (tertiary/aromatic N) is 2. The lowest BCUT2D eigenvalue weighted by molar-refractivity contribution is -0.384. The zero-order valence-electron chi connectivity index (χ0n) is 13.5. The highest BCUT2D eigenvalue weighted by Gasteiger charge is 2.27. The van der Waals surface area contributed by atoms with Crippen LogP contribution in [-0.2, 0) is 0 Å². The molecule has 0 radical (unpaired) electrons. The van der Waals surface area contributed by atoms with Gasteiger partial charge in [0.25, 0.3) is 5.69 Å². The molecule has 1 unspecified atom stereocenters. The Morgan fingerprint density at radius 2 is 1.92 bits per heavy atom. The first-order valence-electron chi connectivity index (χ1n) is 8.32. The number of aliphatic hydroxyl groups excluding tert-OH is 1. The lowest BCUT2D eigenvalue weighted by Gasteiger charge is -2.24. The second kappa shape index (κ2) is 6.29. The van der Waals surface area contributed by atoms with Gasteiger partial charge in [-0.15, -0.1) is 0 Å². The Morgan fingerprint density at radius 3 is 2.68 bits per heavy atom. The van der Waals surface area contributed by atoms with Crippen LogP contribution in [0.25, 0.3) is 21.8 Å². The first kappa shape index (κ1) is 16.3. The van der Waals surface area contributed by atoms with Crippen molar-refractivity contribution in [1.82, 2.24) is 9.88 Å². The highest BCUT2D eigenvalue weighted by atomic mass is 35.5. The van der Waals surface area contributed by atoms with Crippen molar-refractivity contribution >= 4 is 39.1 Å². The smallest absolute Gasteiger partial charge is 0.270 e. The second-order valence-electron chi connectivity index (χ2n) is 6.47. The van der Waals surface area contributed by atoms with E-state index in [2.05, 4.69) is 9.88 Å². The Hall–Kier alpha value is -2.15. The van der Waals surface area contributed by atoms with Crippen LogP contribution in [0.2, 0.25) is 5.02 Å². The van der Waals surface area contributed by atoms with Crippen molar-refractivity contribution in [3.63, 3.8) is 0 Å². The number of halogens is 1. The van der Waals surface area contributed by atoms with Gasteiger partial charge in [-0.05, 0) is 43.7 Å². The molecule has 6 nitrogen and oxygen atoms in total. The van der Waals surface area contributed by atoms with E-state index in [1.165, 1.54) is 6.07 Å². The third kappa shape index (κ3) is 2.76. The number of aromatic nitrogens is 1. The summed E-state index contributed by atoms with van der Waals surface area (Å²) in [6.07, 6.45) is 1.28. The number of fused-ring (bicyclic) bond motifs is 3. The number of non-ortho nitro benzene ring substituents is 1. The molecule has 2 aromatic carbocycles. The van der Waals surface area contributed by atoms with E-state index in [4.69, 9.17) is 11.6 Å². The fourth-order valence-electron chi connectivity index (χ4n) is 3.80. The quantitative estimate of drug-likeness (QED) is 0.540. The Balaban J connectivity index is 2.02. The summed E-state index contributed by atoms with van der Waals surface area (Å²) in [4.78, 5) is 10.8. The Bertz CT molecular complexity index is 969. The summed E-state index contributed by atoms with van der Waals surface area (Å²) in [7, 11) is 0. The Kier molecular flexibility index (Phi) is 4.11. The predicted molar refractivity (Wildman–Crippen MR) is 98.3 cm³/mol. The number of rotatable bonds is 2. The van der Waals surface area contributed by atoms with Crippen LogP contribution in [0.3, 0.4) is 0 Å². The van der Waals surface area contributed by atoms with E-state index in [9.17, 15) is 15.2 Å². The predicted octanol–water partition coefficient (Wildman–Crippen LogP) is 3.64. The minimum atomic E-state index is -0.521. The summed E-state index contributed by atoms with van der Waals surface area (Å²) >= 11 is 6.17. The first-order valence-corrected chi connectivity index (χ1v) is 8.70. The maximum Gasteiger partial charge on any atom is 0.270 e. The highest BCUT2D eigenvalue weighted by Crippen LogP contribution is 2.37. The number of aliphatic hydroxyl groups is 1. The average molecular weight is 360 g/mol. The second-order valence-corrected chi connectivity index (χ2v) is 6.91. The van der Waals surface area contributed by atoms with Crippen molar-refractivity contribution in [2.75, 3.05) is 13.1 Å². The number of hydrogen-bond acceptors (Lipinski definition) is 4. The summed E-state index contributed by atoms with van der Waals surface area (Å²) in [5.74, 6) is 0. The average Bonchev–Trinajstić information content (AvgIpc) is 2.74. The topological polar surface area (TPSA) is 80.3 Å². The number of nitro groups is 1. The van der Waals surface area contributed by atoms with Crippen LogP contribution in [-0.4, -0.2) is 33.8 Å². The standard InChI is InChI=1S/C18H18ClN3O3/c19-11-3-5-15-13(8-11)14-9-12(22(24)25)4-6-16(14)21(15)17-2-1-7-20-10-18(17)23/h3-6,8-9,17-18,20,23H,1-2,7,10H2/t17?,18-/m1/s1. The monoisotopic (exact) mass is 359 g/mol. The Labute approximate surface area is 149 Å². The van der Waals surface area contributed by atoms with E-state index < -0.39 is 11.0 Å². The maximum atomic E-state index is 11.2. The molecular weight excluding hydrogens is 342 g/mol. The van der Waals surface area contributed by atoms with Gasteiger partial charge in [0.05, 0.1) is 17.1 Å². The van der Waals surface area contributed by atoms with Crippen molar-refractivity contribution < 1.29 is 10.0 Å². The number of benzene rings is 2. The number of nitrogens with one attached hydrogen (secondary N) is 1. The molecule has 0 bridgehead atoms. The first-order chi connectivity index (χ1) is 12.1. The summed E-state index contributed by atoms with van der Waals surface area (Å²) in [6.45, 7) is 1.41. The van der Waals surface area contributed by atoms with E-state index in [-0.39, 0.29) is 11.7 Å². The van der Waals surface area contributed by atoms with Crippen molar-refractivity contribution in [2.45, 2.75) is 25.0 Å². The molecule has 130 valence electrons. The molecule has 2 N–H and O–H groups in total. The molecule has 0 aliphatic carbocycles. The van der Waals surface area contributed by atoms with Crippen molar-refractivity contribution in [3.05, 3.63) is 51.5 Å². The molecule has 1 fully saturated rings. The number of nitro benzene ring substituents is 1. The van der Waals surface area contributed by atoms with Crippen molar-refractivity contribution in [3.8, 4) is 0 Å². The van der Waals surface area contributed by atoms with E-state index >= 15 is 0 Å². The van der Waals surface area contributed by atoms with Crippen molar-refractivity contribution in [1.29, 1.82) is 0 Å². The van der Waals surface area contributed by atoms with Gasteiger partial charge < -0.3 is 15.0 Å². The van der Waals surface area contributed by atoms with Crippen LogP contribution in [0.4, 0.5) is 5.69 Å². The van der Waals surface area contributed by atoms with Gasteiger partial charge in [0, 0.05) is 45.5 Å². The highest BCUT2D eigenvalue weighted by molar-refractivity contribution is 6.31. The molecule has 0 spiro atoms. The minimum Gasteiger partial charge on any atom is -0.390 e. The fraction of sp³-hybridized carbons (Fsp3) is 0.333. The molecule has 2 heterocycles. The molecule has 1 saturated heterocycles. The molecule has 0 amide bonds. The SMILES string of the molecule is O=[N+]([O-])c1ccc2c(c1)c1cc(Cl)ccc1n2C1CCCNC[C@H]1O. The van der Waals surface area contributed by atoms with Crippen molar-refractivity contribution in [2.24, 2.45) is 0 Å². The van der Waals surface area contributed by atoms with Crippen LogP contribution < -0.4 is 5.32 Å². The zero-order valence-corrected chi connectivity index (χ0v) is 14.2. The molecule has 25 heavy (non-hydrogen) atoms. The molecule has 2 atom stereocenters. The third-order valence-corrected chi connectivity index (χ3v) is 5.18.